The molecule has 0 fully saturated rings. The SMILES string of the molecule is CC(SCc1ccccc1)C(=O)Nc1cccc(C(C)C(=O)O)c1. The number of carbonyl (C=O) groups is 2. The summed E-state index contributed by atoms with van der Waals surface area (Å²) in [6, 6.07) is 17.0. The maximum absolute atomic E-state index is 12.3. The Balaban J connectivity index is 1.93. The van der Waals surface area contributed by atoms with Crippen molar-refractivity contribution >= 4 is 29.3 Å². The van der Waals surface area contributed by atoms with Gasteiger partial charge in [0.25, 0.3) is 0 Å². The molecule has 0 bridgehead atoms. The minimum Gasteiger partial charge on any atom is -0.481 e. The third kappa shape index (κ3) is 5.13. The van der Waals surface area contributed by atoms with Crippen LogP contribution in [-0.2, 0) is 15.3 Å². The van der Waals surface area contributed by atoms with E-state index in [9.17, 15) is 9.59 Å². The van der Waals surface area contributed by atoms with Crippen LogP contribution in [-0.4, -0.2) is 22.2 Å². The third-order valence-electron chi connectivity index (χ3n) is 3.74. The molecule has 126 valence electrons. The number of benzene rings is 2. The van der Waals surface area contributed by atoms with E-state index >= 15 is 0 Å². The predicted octanol–water partition coefficient (Wildman–Crippen LogP) is 4.14. The van der Waals surface area contributed by atoms with Gasteiger partial charge in [0.15, 0.2) is 0 Å². The summed E-state index contributed by atoms with van der Waals surface area (Å²) >= 11 is 1.57. The van der Waals surface area contributed by atoms with Crippen LogP contribution in [0.2, 0.25) is 0 Å². The number of hydrogen-bond donors (Lipinski definition) is 2. The standard InChI is InChI=1S/C19H21NO3S/c1-13(19(22)23)16-9-6-10-17(11-16)20-18(21)14(2)24-12-15-7-4-3-5-8-15/h3-11,13-14H,12H2,1-2H3,(H,20,21)(H,22,23). The maximum Gasteiger partial charge on any atom is 0.310 e. The Bertz CT molecular complexity index is 703. The van der Waals surface area contributed by atoms with Gasteiger partial charge in [0.2, 0.25) is 5.91 Å². The number of rotatable bonds is 7. The highest BCUT2D eigenvalue weighted by Gasteiger charge is 2.16. The third-order valence-corrected chi connectivity index (χ3v) is 4.95. The lowest BCUT2D eigenvalue weighted by molar-refractivity contribution is -0.138. The van der Waals surface area contributed by atoms with Gasteiger partial charge >= 0.3 is 5.97 Å². The summed E-state index contributed by atoms with van der Waals surface area (Å²) in [5.41, 5.74) is 2.47. The fraction of sp³-hybridized carbons (Fsp3) is 0.263. The quantitative estimate of drug-likeness (QED) is 0.793. The molecule has 0 heterocycles. The van der Waals surface area contributed by atoms with Crippen molar-refractivity contribution in [3.63, 3.8) is 0 Å². The fourth-order valence-corrected chi connectivity index (χ4v) is 2.99. The molecule has 0 aliphatic heterocycles. The summed E-state index contributed by atoms with van der Waals surface area (Å²) < 4.78 is 0. The fourth-order valence-electron chi connectivity index (χ4n) is 2.14. The molecule has 1 amide bonds. The zero-order chi connectivity index (χ0) is 17.5. The lowest BCUT2D eigenvalue weighted by Gasteiger charge is -2.14. The summed E-state index contributed by atoms with van der Waals surface area (Å²) in [6.45, 7) is 3.49. The van der Waals surface area contributed by atoms with Gasteiger partial charge in [0.05, 0.1) is 11.2 Å². The average molecular weight is 343 g/mol. The number of carboxylic acids is 1. The minimum absolute atomic E-state index is 0.0870. The van der Waals surface area contributed by atoms with Crippen LogP contribution < -0.4 is 5.32 Å². The largest absolute Gasteiger partial charge is 0.481 e. The van der Waals surface area contributed by atoms with Gasteiger partial charge in [0, 0.05) is 11.4 Å². The van der Waals surface area contributed by atoms with E-state index < -0.39 is 11.9 Å². The highest BCUT2D eigenvalue weighted by atomic mass is 32.2. The summed E-state index contributed by atoms with van der Waals surface area (Å²) in [4.78, 5) is 23.4. The Kier molecular flexibility index (Phi) is 6.44. The van der Waals surface area contributed by atoms with Crippen molar-refractivity contribution in [3.05, 3.63) is 65.7 Å². The molecule has 2 aromatic rings. The first-order valence-corrected chi connectivity index (χ1v) is 8.81. The van der Waals surface area contributed by atoms with Crippen molar-refractivity contribution in [1.29, 1.82) is 0 Å². The normalized spacial score (nSPS) is 13.1. The smallest absolute Gasteiger partial charge is 0.310 e. The zero-order valence-electron chi connectivity index (χ0n) is 13.7. The summed E-state index contributed by atoms with van der Waals surface area (Å²) in [5, 5.41) is 11.7. The van der Waals surface area contributed by atoms with Crippen LogP contribution in [0, 0.1) is 0 Å². The van der Waals surface area contributed by atoms with Crippen molar-refractivity contribution in [2.24, 2.45) is 0 Å². The van der Waals surface area contributed by atoms with E-state index in [4.69, 9.17) is 5.11 Å². The van der Waals surface area contributed by atoms with Gasteiger partial charge in [-0.1, -0.05) is 42.5 Å². The topological polar surface area (TPSA) is 66.4 Å². The zero-order valence-corrected chi connectivity index (χ0v) is 14.5. The van der Waals surface area contributed by atoms with E-state index in [-0.39, 0.29) is 11.2 Å². The molecule has 2 N–H and O–H groups in total. The molecular formula is C19H21NO3S. The molecule has 5 heteroatoms. The molecule has 2 unspecified atom stereocenters. The van der Waals surface area contributed by atoms with Gasteiger partial charge in [0.1, 0.15) is 0 Å². The molecule has 0 spiro atoms. The number of carboxylic acid groups (broad SMARTS) is 1. The van der Waals surface area contributed by atoms with Crippen molar-refractivity contribution in [2.75, 3.05) is 5.32 Å². The monoisotopic (exact) mass is 343 g/mol. The van der Waals surface area contributed by atoms with Gasteiger partial charge in [-0.2, -0.15) is 0 Å². The Morgan fingerprint density at radius 1 is 1.08 bits per heavy atom. The number of thioether (sulfide) groups is 1. The molecule has 0 aromatic heterocycles. The van der Waals surface area contributed by atoms with Gasteiger partial charge in [-0.05, 0) is 37.1 Å². The Morgan fingerprint density at radius 3 is 2.46 bits per heavy atom. The lowest BCUT2D eigenvalue weighted by Crippen LogP contribution is -2.22. The molecular weight excluding hydrogens is 322 g/mol. The van der Waals surface area contributed by atoms with E-state index in [0.717, 1.165) is 5.75 Å². The number of amides is 1. The molecule has 24 heavy (non-hydrogen) atoms. The van der Waals surface area contributed by atoms with Crippen molar-refractivity contribution in [3.8, 4) is 0 Å². The van der Waals surface area contributed by atoms with E-state index in [0.29, 0.717) is 11.3 Å². The number of carbonyl (C=O) groups excluding carboxylic acids is 1. The molecule has 0 radical (unpaired) electrons. The summed E-state index contributed by atoms with van der Waals surface area (Å²) in [7, 11) is 0. The van der Waals surface area contributed by atoms with E-state index in [1.54, 1.807) is 43.0 Å². The Labute approximate surface area is 146 Å². The second-order valence-corrected chi connectivity index (χ2v) is 6.94. The molecule has 0 saturated heterocycles. The van der Waals surface area contributed by atoms with Crippen LogP contribution in [0.1, 0.15) is 30.9 Å². The highest BCUT2D eigenvalue weighted by molar-refractivity contribution is 7.99. The van der Waals surface area contributed by atoms with Crippen LogP contribution in [0.4, 0.5) is 5.69 Å². The second-order valence-electron chi connectivity index (χ2n) is 5.61. The van der Waals surface area contributed by atoms with Crippen molar-refractivity contribution < 1.29 is 14.7 Å². The summed E-state index contributed by atoms with van der Waals surface area (Å²) in [5.74, 6) is -0.807. The van der Waals surface area contributed by atoms with Crippen molar-refractivity contribution in [1.82, 2.24) is 0 Å². The van der Waals surface area contributed by atoms with Gasteiger partial charge in [-0.25, -0.2) is 0 Å². The average Bonchev–Trinajstić information content (AvgIpc) is 2.60. The van der Waals surface area contributed by atoms with Crippen molar-refractivity contribution in [2.45, 2.75) is 30.8 Å². The van der Waals surface area contributed by atoms with Gasteiger partial charge < -0.3 is 10.4 Å². The Hall–Kier alpha value is -2.27. The van der Waals surface area contributed by atoms with Crippen LogP contribution in [0.3, 0.4) is 0 Å². The summed E-state index contributed by atoms with van der Waals surface area (Å²) in [6.07, 6.45) is 0. The van der Waals surface area contributed by atoms with Crippen LogP contribution in [0.25, 0.3) is 0 Å². The van der Waals surface area contributed by atoms with Crippen LogP contribution in [0.15, 0.2) is 54.6 Å². The molecule has 0 aliphatic carbocycles. The first-order chi connectivity index (χ1) is 11.5. The van der Waals surface area contributed by atoms with Gasteiger partial charge in [-0.15, -0.1) is 11.8 Å². The number of anilines is 1. The first kappa shape index (κ1) is 18.1. The molecule has 2 atom stereocenters. The van der Waals surface area contributed by atoms with Crippen LogP contribution >= 0.6 is 11.8 Å². The predicted molar refractivity (Wildman–Crippen MR) is 98.3 cm³/mol. The second kappa shape index (κ2) is 8.55. The van der Waals surface area contributed by atoms with Crippen LogP contribution in [0.5, 0.6) is 0 Å². The molecule has 4 nitrogen and oxygen atoms in total. The molecule has 0 aliphatic rings. The molecule has 0 saturated carbocycles. The minimum atomic E-state index is -0.884. The number of nitrogens with one attached hydrogen (secondary N) is 1. The van der Waals surface area contributed by atoms with E-state index in [2.05, 4.69) is 5.32 Å². The molecule has 2 aromatic carbocycles. The lowest BCUT2D eigenvalue weighted by atomic mass is 10.0. The van der Waals surface area contributed by atoms with E-state index in [1.807, 2.05) is 37.3 Å². The van der Waals surface area contributed by atoms with Gasteiger partial charge in [-0.3, -0.25) is 9.59 Å². The highest BCUT2D eigenvalue weighted by Crippen LogP contribution is 2.22. The maximum atomic E-state index is 12.3. The van der Waals surface area contributed by atoms with E-state index in [1.165, 1.54) is 5.56 Å². The Morgan fingerprint density at radius 2 is 1.79 bits per heavy atom. The molecule has 2 rings (SSSR count). The number of hydrogen-bond acceptors (Lipinski definition) is 3. The number of aliphatic carboxylic acids is 1. The first-order valence-electron chi connectivity index (χ1n) is 7.76.